The molecule has 44 heavy (non-hydrogen) atoms. The van der Waals surface area contributed by atoms with Crippen molar-refractivity contribution in [2.45, 2.75) is 38.8 Å². The lowest BCUT2D eigenvalue weighted by molar-refractivity contribution is 0.275. The molecule has 1 aliphatic heterocycles. The zero-order valence-electron chi connectivity index (χ0n) is 24.8. The minimum Gasteiger partial charge on any atom is -0.376 e. The third-order valence-electron chi connectivity index (χ3n) is 8.03. The van der Waals surface area contributed by atoms with Crippen LogP contribution >= 0.6 is 23.5 Å². The van der Waals surface area contributed by atoms with Crippen molar-refractivity contribution in [1.29, 1.82) is 5.26 Å². The van der Waals surface area contributed by atoms with Crippen LogP contribution in [0.2, 0.25) is 5.15 Å². The average Bonchev–Trinajstić information content (AvgIpc) is 3.46. The van der Waals surface area contributed by atoms with Gasteiger partial charge in [-0.2, -0.15) is 15.3 Å². The molecule has 0 saturated carbocycles. The van der Waals surface area contributed by atoms with Gasteiger partial charge in [0.15, 0.2) is 0 Å². The van der Waals surface area contributed by atoms with Gasteiger partial charge in [0, 0.05) is 31.1 Å². The van der Waals surface area contributed by atoms with E-state index in [-0.39, 0.29) is 17.6 Å². The van der Waals surface area contributed by atoms with Crippen LogP contribution in [-0.2, 0) is 7.05 Å². The van der Waals surface area contributed by atoms with Crippen LogP contribution in [0, 0.1) is 18.3 Å². The number of hydrogen-bond acceptors (Lipinski definition) is 10. The number of aromatic nitrogens is 5. The summed E-state index contributed by atoms with van der Waals surface area (Å²) in [4.78, 5) is 33.6. The summed E-state index contributed by atoms with van der Waals surface area (Å²) < 4.78 is 3.72. The first kappa shape index (κ1) is 29.7. The molecule has 0 amide bonds. The highest BCUT2D eigenvalue weighted by Crippen LogP contribution is 2.33. The quantitative estimate of drug-likeness (QED) is 0.126. The van der Waals surface area contributed by atoms with Crippen LogP contribution in [0.5, 0.6) is 5.88 Å². The number of nitriles is 1. The molecule has 1 saturated heterocycles. The number of pyridine rings is 1. The number of nitrogens with one attached hydrogen (secondary N) is 2. The van der Waals surface area contributed by atoms with E-state index in [4.69, 9.17) is 21.4 Å². The largest absolute Gasteiger partial charge is 0.376 e. The Balaban J connectivity index is 1.29. The van der Waals surface area contributed by atoms with E-state index in [1.165, 1.54) is 11.9 Å². The summed E-state index contributed by atoms with van der Waals surface area (Å²) in [5.41, 5.74) is 4.74. The fourth-order valence-corrected chi connectivity index (χ4v) is 6.18. The molecule has 0 bridgehead atoms. The number of piperidine rings is 1. The van der Waals surface area contributed by atoms with Crippen LogP contribution in [0.1, 0.15) is 48.5 Å². The summed E-state index contributed by atoms with van der Waals surface area (Å²) in [7, 11) is 1.79. The predicted octanol–water partition coefficient (Wildman–Crippen LogP) is 5.69. The van der Waals surface area contributed by atoms with Crippen LogP contribution in [0.15, 0.2) is 53.5 Å². The topological polar surface area (TPSA) is 126 Å². The molecular weight excluding hydrogens is 598 g/mol. The summed E-state index contributed by atoms with van der Waals surface area (Å²) in [6.45, 7) is 5.45. The van der Waals surface area contributed by atoms with Crippen molar-refractivity contribution in [3.05, 3.63) is 80.9 Å². The normalized spacial score (nSPS) is 14.6. The maximum Gasteiger partial charge on any atom is 0.263 e. The van der Waals surface area contributed by atoms with Gasteiger partial charge in [0.2, 0.25) is 5.95 Å². The monoisotopic (exact) mass is 629 g/mol. The van der Waals surface area contributed by atoms with E-state index in [1.807, 2.05) is 56.6 Å². The molecule has 5 aromatic rings. The maximum absolute atomic E-state index is 13.7. The van der Waals surface area contributed by atoms with Gasteiger partial charge in [0.1, 0.15) is 10.8 Å². The average molecular weight is 630 g/mol. The van der Waals surface area contributed by atoms with E-state index in [0.717, 1.165) is 48.0 Å². The molecule has 6 rings (SSSR count). The van der Waals surface area contributed by atoms with Crippen molar-refractivity contribution >= 4 is 57.0 Å². The molecule has 2 aromatic carbocycles. The number of benzene rings is 2. The van der Waals surface area contributed by atoms with E-state index in [0.29, 0.717) is 39.1 Å². The van der Waals surface area contributed by atoms with Crippen molar-refractivity contribution in [1.82, 2.24) is 29.2 Å². The molecule has 0 aliphatic carbocycles. The number of hydrogen-bond donors (Lipinski definition) is 2. The lowest BCUT2D eigenvalue weighted by atomic mass is 10.0. The second-order valence-corrected chi connectivity index (χ2v) is 11.9. The zero-order valence-corrected chi connectivity index (χ0v) is 26.4. The fourth-order valence-electron chi connectivity index (χ4n) is 5.88. The first-order chi connectivity index (χ1) is 21.3. The summed E-state index contributed by atoms with van der Waals surface area (Å²) in [5.74, 6) is 0.960. The Kier molecular flexibility index (Phi) is 8.35. The van der Waals surface area contributed by atoms with Crippen molar-refractivity contribution in [2.24, 2.45) is 7.05 Å². The number of nitrogens with zero attached hydrogens (tertiary/aromatic N) is 7. The Morgan fingerprint density at radius 3 is 2.70 bits per heavy atom. The highest BCUT2D eigenvalue weighted by molar-refractivity contribution is 7.96. The predicted molar refractivity (Wildman–Crippen MR) is 175 cm³/mol. The molecule has 1 fully saturated rings. The Morgan fingerprint density at radius 1 is 1.16 bits per heavy atom. The first-order valence-electron chi connectivity index (χ1n) is 14.3. The van der Waals surface area contributed by atoms with Crippen LogP contribution < -0.4 is 25.5 Å². The Bertz CT molecular complexity index is 1960. The zero-order chi connectivity index (χ0) is 31.0. The molecular formula is C31H32ClN9O2S. The van der Waals surface area contributed by atoms with Gasteiger partial charge >= 0.3 is 0 Å². The summed E-state index contributed by atoms with van der Waals surface area (Å²) >= 11 is 7.42. The Morgan fingerprint density at radius 2 is 1.95 bits per heavy atom. The molecule has 4 heterocycles. The molecule has 1 atom stereocenters. The third kappa shape index (κ3) is 5.66. The van der Waals surface area contributed by atoms with Crippen molar-refractivity contribution < 1.29 is 4.84 Å². The lowest BCUT2D eigenvalue weighted by Gasteiger charge is -2.34. The number of aryl methyl sites for hydroxylation is 1. The van der Waals surface area contributed by atoms with Crippen LogP contribution in [0.3, 0.4) is 0 Å². The van der Waals surface area contributed by atoms with Crippen LogP contribution in [-0.4, -0.2) is 43.7 Å². The van der Waals surface area contributed by atoms with E-state index in [1.54, 1.807) is 17.7 Å². The number of anilines is 2. The van der Waals surface area contributed by atoms with Crippen LogP contribution in [0.4, 0.5) is 11.6 Å². The van der Waals surface area contributed by atoms with Gasteiger partial charge in [-0.3, -0.25) is 14.0 Å². The number of rotatable bonds is 8. The summed E-state index contributed by atoms with van der Waals surface area (Å²) in [5, 5.41) is 19.2. The molecule has 1 aliphatic rings. The SMILES string of the molecule is CSNOc1nc(Cl)ccc1NC(C)c1cc(C)cc2c(=O)n(C)c(N3CCC(n4ncc5cc(C#N)ccc54)CC3)nc12. The number of fused-ring (bicyclic) bond motifs is 2. The Hall–Kier alpha value is -4.31. The highest BCUT2D eigenvalue weighted by Gasteiger charge is 2.26. The van der Waals surface area contributed by atoms with E-state index < -0.39 is 0 Å². The molecule has 226 valence electrons. The van der Waals surface area contributed by atoms with Crippen LogP contribution in [0.25, 0.3) is 21.8 Å². The minimum atomic E-state index is -0.232. The van der Waals surface area contributed by atoms with Crippen molar-refractivity contribution in [2.75, 3.05) is 29.6 Å². The molecule has 13 heteroatoms. The molecule has 0 spiro atoms. The maximum atomic E-state index is 13.7. The summed E-state index contributed by atoms with van der Waals surface area (Å²) in [6, 6.07) is 15.3. The number of halogens is 1. The molecule has 11 nitrogen and oxygen atoms in total. The minimum absolute atomic E-state index is 0.0861. The summed E-state index contributed by atoms with van der Waals surface area (Å²) in [6.07, 6.45) is 5.36. The van der Waals surface area contributed by atoms with Gasteiger partial charge in [0.25, 0.3) is 11.4 Å². The van der Waals surface area contributed by atoms with E-state index in [2.05, 4.69) is 42.0 Å². The van der Waals surface area contributed by atoms with Gasteiger partial charge in [-0.05, 0) is 86.9 Å². The second-order valence-electron chi connectivity index (χ2n) is 11.0. The van der Waals surface area contributed by atoms with Gasteiger partial charge in [-0.25, -0.2) is 4.98 Å². The van der Waals surface area contributed by atoms with Gasteiger partial charge < -0.3 is 15.1 Å². The lowest BCUT2D eigenvalue weighted by Crippen LogP contribution is -2.39. The smallest absolute Gasteiger partial charge is 0.263 e. The first-order valence-corrected chi connectivity index (χ1v) is 15.9. The molecule has 1 unspecified atom stereocenters. The van der Waals surface area contributed by atoms with Crippen molar-refractivity contribution in [3.8, 4) is 11.9 Å². The Labute approximate surface area is 263 Å². The molecule has 3 aromatic heterocycles. The standard InChI is InChI=1S/C31H32ClN9O2S/c1-18-13-23(19(2)35-25-6-8-27(32)36-29(25)43-38-44-4)28-24(14-18)30(42)39(3)31(37-28)40-11-9-22(10-12-40)41-26-7-5-20(16-33)15-21(26)17-34-41/h5-8,13-15,17,19,22,35,38H,9-12H2,1-4H3. The van der Waals surface area contributed by atoms with Gasteiger partial charge in [0.05, 0.1) is 46.3 Å². The molecule has 2 N–H and O–H groups in total. The van der Waals surface area contributed by atoms with Gasteiger partial charge in [-0.15, -0.1) is 0 Å². The third-order valence-corrected chi connectivity index (χ3v) is 8.50. The molecule has 0 radical (unpaired) electrons. The highest BCUT2D eigenvalue weighted by atomic mass is 35.5. The van der Waals surface area contributed by atoms with Gasteiger partial charge in [-0.1, -0.05) is 22.6 Å². The van der Waals surface area contributed by atoms with E-state index in [9.17, 15) is 10.1 Å². The van der Waals surface area contributed by atoms with Crippen molar-refractivity contribution in [3.63, 3.8) is 0 Å². The van der Waals surface area contributed by atoms with E-state index >= 15 is 0 Å². The fraction of sp³-hybridized carbons (Fsp3) is 0.323. The second kappa shape index (κ2) is 12.4.